The van der Waals surface area contributed by atoms with Crippen molar-refractivity contribution in [2.45, 2.75) is 125 Å². The lowest BCUT2D eigenvalue weighted by atomic mass is 9.55. The molecule has 0 heterocycles. The number of carbonyl (C=O) groups is 2. The Kier molecular flexibility index (Phi) is 7.38. The summed E-state index contributed by atoms with van der Waals surface area (Å²) in [6, 6.07) is 0. The molecular weight excluding hydrogens is 436 g/mol. The highest BCUT2D eigenvalue weighted by Crippen LogP contribution is 2.65. The number of hydrogen-bond donors (Lipinski definition) is 2. The Morgan fingerprint density at radius 2 is 1.06 bits per heavy atom. The fraction of sp³-hybridized carbons (Fsp3) is 0.923. The van der Waals surface area contributed by atoms with Crippen LogP contribution in [0.15, 0.2) is 0 Å². The molecular formula is C26H42N2O2S2. The molecule has 0 spiro atoms. The summed E-state index contributed by atoms with van der Waals surface area (Å²) in [6.45, 7) is 0. The molecule has 6 rings (SSSR count). The molecule has 0 unspecified atom stereocenters. The van der Waals surface area contributed by atoms with Crippen molar-refractivity contribution in [1.82, 2.24) is 9.44 Å². The van der Waals surface area contributed by atoms with E-state index in [0.29, 0.717) is 24.7 Å². The van der Waals surface area contributed by atoms with E-state index >= 15 is 0 Å². The molecule has 0 saturated heterocycles. The normalized spacial score (nSPS) is 37.4. The van der Waals surface area contributed by atoms with Crippen molar-refractivity contribution < 1.29 is 9.59 Å². The molecule has 6 aliphatic carbocycles. The lowest BCUT2D eigenvalue weighted by Gasteiger charge is -2.60. The number of rotatable bonds is 8. The van der Waals surface area contributed by atoms with Crippen LogP contribution in [0.25, 0.3) is 0 Å². The fourth-order valence-corrected chi connectivity index (χ4v) is 10.9. The van der Waals surface area contributed by atoms with E-state index in [1.165, 1.54) is 96.3 Å². The first-order valence-corrected chi connectivity index (χ1v) is 15.1. The maximum atomic E-state index is 12.7. The van der Waals surface area contributed by atoms with E-state index in [9.17, 15) is 9.59 Å². The lowest BCUT2D eigenvalue weighted by Crippen LogP contribution is -2.57. The van der Waals surface area contributed by atoms with Crippen molar-refractivity contribution in [2.24, 2.45) is 23.7 Å². The molecule has 0 atom stereocenters. The molecule has 6 saturated carbocycles. The van der Waals surface area contributed by atoms with E-state index in [1.807, 2.05) is 0 Å². The summed E-state index contributed by atoms with van der Waals surface area (Å²) < 4.78 is 6.98. The molecule has 0 aromatic carbocycles. The van der Waals surface area contributed by atoms with Gasteiger partial charge in [-0.1, -0.05) is 38.5 Å². The van der Waals surface area contributed by atoms with Gasteiger partial charge in [-0.2, -0.15) is 0 Å². The van der Waals surface area contributed by atoms with E-state index in [2.05, 4.69) is 9.44 Å². The van der Waals surface area contributed by atoms with Gasteiger partial charge in [0.1, 0.15) is 0 Å². The van der Waals surface area contributed by atoms with Crippen molar-refractivity contribution >= 4 is 35.7 Å². The van der Waals surface area contributed by atoms with E-state index in [-0.39, 0.29) is 21.3 Å². The van der Waals surface area contributed by atoms with Crippen LogP contribution in [0.1, 0.15) is 116 Å². The zero-order valence-corrected chi connectivity index (χ0v) is 21.3. The molecule has 6 fully saturated rings. The first kappa shape index (κ1) is 23.4. The van der Waals surface area contributed by atoms with Gasteiger partial charge in [0.25, 0.3) is 0 Å². The summed E-state index contributed by atoms with van der Waals surface area (Å²) in [6.07, 6.45) is 21.7. The van der Waals surface area contributed by atoms with Gasteiger partial charge < -0.3 is 0 Å². The number of amides is 2. The molecule has 0 radical (unpaired) electrons. The van der Waals surface area contributed by atoms with Crippen molar-refractivity contribution in [3.63, 3.8) is 0 Å². The monoisotopic (exact) mass is 478 g/mol. The molecule has 4 bridgehead atoms. The van der Waals surface area contributed by atoms with Crippen LogP contribution in [0, 0.1) is 23.7 Å². The first-order chi connectivity index (χ1) is 15.5. The van der Waals surface area contributed by atoms with Crippen LogP contribution >= 0.6 is 23.9 Å². The third-order valence-corrected chi connectivity index (χ3v) is 11.6. The summed E-state index contributed by atoms with van der Waals surface area (Å²) in [5.74, 6) is 3.23. The average molecular weight is 479 g/mol. The number of nitrogens with one attached hydrogen (secondary N) is 2. The Morgan fingerprint density at radius 3 is 1.47 bits per heavy atom. The fourth-order valence-electron chi connectivity index (χ4n) is 8.06. The van der Waals surface area contributed by atoms with Gasteiger partial charge in [-0.15, -0.1) is 0 Å². The van der Waals surface area contributed by atoms with E-state index in [4.69, 9.17) is 0 Å². The standard InChI is InChI=1S/C26H42N2O2S2/c29-23(12-19-7-3-1-4-8-19)27-31-25-14-21-11-22(15-25)17-26(16-21,18-25)32-28-24(30)13-20-9-5-2-6-10-20/h19-22H,1-18H2,(H,27,29)(H,28,30). The number of carbonyl (C=O) groups excluding carboxylic acids is 2. The first-order valence-electron chi connectivity index (χ1n) is 13.5. The predicted octanol–water partition coefficient (Wildman–Crippen LogP) is 6.55. The summed E-state index contributed by atoms with van der Waals surface area (Å²) in [5, 5.41) is 0. The van der Waals surface area contributed by atoms with Gasteiger partial charge in [-0.25, -0.2) is 0 Å². The molecule has 2 amide bonds. The van der Waals surface area contributed by atoms with Crippen LogP contribution in [-0.2, 0) is 9.59 Å². The molecule has 2 N–H and O–H groups in total. The zero-order valence-electron chi connectivity index (χ0n) is 19.7. The number of hydrogen-bond acceptors (Lipinski definition) is 4. The Morgan fingerprint density at radius 1 is 0.656 bits per heavy atom. The maximum absolute atomic E-state index is 12.7. The summed E-state index contributed by atoms with van der Waals surface area (Å²) in [5.41, 5.74) is 0. The Balaban J connectivity index is 1.13. The summed E-state index contributed by atoms with van der Waals surface area (Å²) in [7, 11) is 0. The minimum absolute atomic E-state index is 0.188. The van der Waals surface area contributed by atoms with Crippen LogP contribution in [-0.4, -0.2) is 21.3 Å². The average Bonchev–Trinajstić information content (AvgIpc) is 2.77. The molecule has 6 aliphatic rings. The second kappa shape index (κ2) is 10.1. The largest absolute Gasteiger partial charge is 0.300 e. The van der Waals surface area contributed by atoms with E-state index in [1.54, 1.807) is 23.9 Å². The molecule has 0 aliphatic heterocycles. The minimum atomic E-state index is 0.188. The third kappa shape index (κ3) is 5.64. The Labute approximate surface area is 203 Å². The van der Waals surface area contributed by atoms with Crippen molar-refractivity contribution in [2.75, 3.05) is 0 Å². The van der Waals surface area contributed by atoms with Gasteiger partial charge >= 0.3 is 0 Å². The van der Waals surface area contributed by atoms with Crippen molar-refractivity contribution in [1.29, 1.82) is 0 Å². The van der Waals surface area contributed by atoms with Crippen LogP contribution in [0.2, 0.25) is 0 Å². The van der Waals surface area contributed by atoms with E-state index < -0.39 is 0 Å². The zero-order chi connectivity index (χ0) is 22.0. The summed E-state index contributed by atoms with van der Waals surface area (Å²) >= 11 is 3.53. The van der Waals surface area contributed by atoms with Gasteiger partial charge in [-0.05, 0) is 112 Å². The Bertz CT molecular complexity index is 619. The van der Waals surface area contributed by atoms with Crippen molar-refractivity contribution in [3.05, 3.63) is 0 Å². The molecule has 4 nitrogen and oxygen atoms in total. The van der Waals surface area contributed by atoms with Gasteiger partial charge in [0.05, 0.1) is 0 Å². The van der Waals surface area contributed by atoms with Gasteiger partial charge in [0, 0.05) is 22.3 Å². The van der Waals surface area contributed by atoms with Gasteiger partial charge in [-0.3, -0.25) is 19.0 Å². The molecule has 32 heavy (non-hydrogen) atoms. The van der Waals surface area contributed by atoms with E-state index in [0.717, 1.165) is 18.3 Å². The van der Waals surface area contributed by atoms with Crippen LogP contribution in [0.5, 0.6) is 0 Å². The minimum Gasteiger partial charge on any atom is -0.300 e. The van der Waals surface area contributed by atoms with Crippen molar-refractivity contribution in [3.8, 4) is 0 Å². The van der Waals surface area contributed by atoms with Gasteiger partial charge in [0.15, 0.2) is 0 Å². The van der Waals surface area contributed by atoms with Crippen LogP contribution in [0.4, 0.5) is 0 Å². The third-order valence-electron chi connectivity index (χ3n) is 9.11. The van der Waals surface area contributed by atoms with Crippen LogP contribution in [0.3, 0.4) is 0 Å². The second-order valence-electron chi connectivity index (χ2n) is 12.0. The molecule has 6 heteroatoms. The highest BCUT2D eigenvalue weighted by molar-refractivity contribution is 8.00. The van der Waals surface area contributed by atoms with Gasteiger partial charge in [0.2, 0.25) is 11.8 Å². The summed E-state index contributed by atoms with van der Waals surface area (Å²) in [4.78, 5) is 25.4. The second-order valence-corrected chi connectivity index (χ2v) is 14.5. The highest BCUT2D eigenvalue weighted by Gasteiger charge is 2.59. The van der Waals surface area contributed by atoms with Crippen LogP contribution < -0.4 is 9.44 Å². The molecule has 180 valence electrons. The lowest BCUT2D eigenvalue weighted by molar-refractivity contribution is -0.121. The quantitative estimate of drug-likeness (QED) is 0.389. The Hall–Kier alpha value is -0.360. The molecule has 0 aromatic rings. The predicted molar refractivity (Wildman–Crippen MR) is 134 cm³/mol. The molecule has 0 aromatic heterocycles. The highest BCUT2D eigenvalue weighted by atomic mass is 32.2. The maximum Gasteiger partial charge on any atom is 0.230 e. The smallest absolute Gasteiger partial charge is 0.230 e. The topological polar surface area (TPSA) is 58.2 Å². The SMILES string of the molecule is O=C(CC1CCCCC1)NSC12CC3CC(C1)CC(SNC(=O)CC1CCCCC1)(C3)C2.